The second-order valence-electron chi connectivity index (χ2n) is 3.52. The minimum absolute atomic E-state index is 0.101. The molecule has 0 amide bonds. The maximum Gasteiger partial charge on any atom is 0.343 e. The highest BCUT2D eigenvalue weighted by Crippen LogP contribution is 2.55. The van der Waals surface area contributed by atoms with Gasteiger partial charge in [0.05, 0.1) is 19.8 Å². The highest BCUT2D eigenvalue weighted by molar-refractivity contribution is 7.55. The molecule has 0 saturated carbocycles. The summed E-state index contributed by atoms with van der Waals surface area (Å²) in [5, 5.41) is 18.6. The van der Waals surface area contributed by atoms with Gasteiger partial charge in [0, 0.05) is 0 Å². The molecule has 7 heteroatoms. The van der Waals surface area contributed by atoms with Crippen LogP contribution in [0.15, 0.2) is 11.8 Å². The van der Waals surface area contributed by atoms with Crippen molar-refractivity contribution in [3.05, 3.63) is 11.8 Å². The second kappa shape index (κ2) is 6.52. The van der Waals surface area contributed by atoms with E-state index < -0.39 is 26.0 Å². The molecule has 17 heavy (non-hydrogen) atoms. The lowest BCUT2D eigenvalue weighted by molar-refractivity contribution is 0.122. The van der Waals surface area contributed by atoms with E-state index >= 15 is 0 Å². The zero-order valence-electron chi connectivity index (χ0n) is 10.0. The van der Waals surface area contributed by atoms with Gasteiger partial charge in [-0.05, 0) is 19.9 Å². The molecule has 0 saturated heterocycles. The van der Waals surface area contributed by atoms with E-state index in [1.807, 2.05) is 0 Å². The van der Waals surface area contributed by atoms with Crippen molar-refractivity contribution in [1.82, 2.24) is 0 Å². The molecule has 6 nitrogen and oxygen atoms in total. The van der Waals surface area contributed by atoms with Crippen molar-refractivity contribution in [3.8, 4) is 0 Å². The number of hydrogen-bond acceptors (Lipinski definition) is 6. The molecule has 0 spiro atoms. The number of rotatable bonds is 7. The van der Waals surface area contributed by atoms with Crippen LogP contribution >= 0.6 is 7.60 Å². The van der Waals surface area contributed by atoms with Crippen molar-refractivity contribution >= 4 is 7.60 Å². The van der Waals surface area contributed by atoms with E-state index in [0.29, 0.717) is 0 Å². The van der Waals surface area contributed by atoms with Crippen LogP contribution in [0, 0.1) is 0 Å². The Balaban J connectivity index is 2.89. The first-order chi connectivity index (χ1) is 8.07. The SMILES string of the molecule is CCOP(=O)(OCC)C(CO)C1=CC(O)CO1. The van der Waals surface area contributed by atoms with Gasteiger partial charge in [-0.15, -0.1) is 0 Å². The second-order valence-corrected chi connectivity index (χ2v) is 5.74. The summed E-state index contributed by atoms with van der Waals surface area (Å²) in [5.74, 6) is 0.269. The third kappa shape index (κ3) is 3.53. The van der Waals surface area contributed by atoms with Crippen molar-refractivity contribution in [2.45, 2.75) is 25.6 Å². The molecule has 0 radical (unpaired) electrons. The van der Waals surface area contributed by atoms with Crippen molar-refractivity contribution in [1.29, 1.82) is 0 Å². The Morgan fingerprint density at radius 1 is 1.53 bits per heavy atom. The first-order valence-corrected chi connectivity index (χ1v) is 7.20. The lowest BCUT2D eigenvalue weighted by atomic mass is 10.3. The fourth-order valence-corrected chi connectivity index (χ4v) is 3.42. The molecule has 0 aromatic carbocycles. The fourth-order valence-electron chi connectivity index (χ4n) is 1.60. The van der Waals surface area contributed by atoms with Gasteiger partial charge in [0.25, 0.3) is 0 Å². The topological polar surface area (TPSA) is 85.2 Å². The third-order valence-corrected chi connectivity index (χ3v) is 4.70. The van der Waals surface area contributed by atoms with Gasteiger partial charge in [-0.2, -0.15) is 0 Å². The molecule has 0 aliphatic carbocycles. The summed E-state index contributed by atoms with van der Waals surface area (Å²) in [6.45, 7) is 3.49. The van der Waals surface area contributed by atoms with Crippen LogP contribution in [0.2, 0.25) is 0 Å². The Labute approximate surface area is 101 Å². The average Bonchev–Trinajstić information content (AvgIpc) is 2.66. The molecule has 0 aromatic rings. The van der Waals surface area contributed by atoms with Crippen LogP contribution in [-0.4, -0.2) is 48.4 Å². The molecule has 1 rings (SSSR count). The number of hydrogen-bond donors (Lipinski definition) is 2. The number of ether oxygens (including phenoxy) is 1. The number of aliphatic hydroxyl groups is 2. The monoisotopic (exact) mass is 266 g/mol. The molecule has 100 valence electrons. The van der Waals surface area contributed by atoms with Crippen molar-refractivity contribution in [3.63, 3.8) is 0 Å². The van der Waals surface area contributed by atoms with E-state index in [4.69, 9.17) is 13.8 Å². The predicted molar refractivity (Wildman–Crippen MR) is 61.8 cm³/mol. The van der Waals surface area contributed by atoms with Gasteiger partial charge in [0.1, 0.15) is 24.1 Å². The van der Waals surface area contributed by atoms with Crippen LogP contribution in [0.3, 0.4) is 0 Å². The minimum atomic E-state index is -3.46. The Morgan fingerprint density at radius 2 is 2.12 bits per heavy atom. The summed E-state index contributed by atoms with van der Waals surface area (Å²) >= 11 is 0. The summed E-state index contributed by atoms with van der Waals surface area (Å²) in [4.78, 5) is 0. The number of aliphatic hydroxyl groups excluding tert-OH is 2. The third-order valence-electron chi connectivity index (χ3n) is 2.28. The van der Waals surface area contributed by atoms with E-state index in [1.54, 1.807) is 13.8 Å². The van der Waals surface area contributed by atoms with E-state index in [1.165, 1.54) is 6.08 Å². The summed E-state index contributed by atoms with van der Waals surface area (Å²) < 4.78 is 27.9. The van der Waals surface area contributed by atoms with Gasteiger partial charge in [0.15, 0.2) is 0 Å². The van der Waals surface area contributed by atoms with Crippen LogP contribution in [-0.2, 0) is 18.3 Å². The largest absolute Gasteiger partial charge is 0.494 e. The van der Waals surface area contributed by atoms with Crippen LogP contribution in [0.4, 0.5) is 0 Å². The molecule has 2 atom stereocenters. The van der Waals surface area contributed by atoms with Gasteiger partial charge in [0.2, 0.25) is 0 Å². The average molecular weight is 266 g/mol. The van der Waals surface area contributed by atoms with Gasteiger partial charge < -0.3 is 24.0 Å². The minimum Gasteiger partial charge on any atom is -0.494 e. The van der Waals surface area contributed by atoms with Crippen LogP contribution in [0.5, 0.6) is 0 Å². The predicted octanol–water partition coefficient (Wildman–Crippen LogP) is 0.888. The molecule has 2 N–H and O–H groups in total. The summed E-state index contributed by atoms with van der Waals surface area (Å²) in [5.41, 5.74) is -0.875. The van der Waals surface area contributed by atoms with Gasteiger partial charge in [-0.3, -0.25) is 4.57 Å². The molecule has 2 unspecified atom stereocenters. The highest BCUT2D eigenvalue weighted by atomic mass is 31.2. The Bertz CT molecular complexity index is 306. The molecular formula is C10H19O6P. The van der Waals surface area contributed by atoms with Crippen molar-refractivity contribution in [2.24, 2.45) is 0 Å². The normalized spacial score (nSPS) is 22.1. The zero-order chi connectivity index (χ0) is 12.9. The van der Waals surface area contributed by atoms with Crippen LogP contribution in [0.25, 0.3) is 0 Å². The molecule has 0 bridgehead atoms. The van der Waals surface area contributed by atoms with Crippen molar-refractivity contribution < 1.29 is 28.6 Å². The van der Waals surface area contributed by atoms with E-state index in [-0.39, 0.29) is 25.6 Å². The summed E-state index contributed by atoms with van der Waals surface area (Å²) in [6, 6.07) is 0. The van der Waals surface area contributed by atoms with Crippen LogP contribution in [0.1, 0.15) is 13.8 Å². The highest BCUT2D eigenvalue weighted by Gasteiger charge is 2.40. The Kier molecular flexibility index (Phi) is 5.62. The Morgan fingerprint density at radius 3 is 2.47 bits per heavy atom. The molecule has 0 aromatic heterocycles. The molecule has 1 aliphatic rings. The van der Waals surface area contributed by atoms with Crippen LogP contribution < -0.4 is 0 Å². The smallest absolute Gasteiger partial charge is 0.343 e. The quantitative estimate of drug-likeness (QED) is 0.666. The molecule has 1 aliphatic heterocycles. The van der Waals surface area contributed by atoms with Crippen molar-refractivity contribution in [2.75, 3.05) is 26.4 Å². The van der Waals surface area contributed by atoms with E-state index in [2.05, 4.69) is 0 Å². The molecular weight excluding hydrogens is 247 g/mol. The molecule has 1 heterocycles. The summed E-state index contributed by atoms with van der Waals surface area (Å²) in [6.07, 6.45) is 0.682. The summed E-state index contributed by atoms with van der Waals surface area (Å²) in [7, 11) is -3.46. The van der Waals surface area contributed by atoms with Gasteiger partial charge >= 0.3 is 7.60 Å². The van der Waals surface area contributed by atoms with Gasteiger partial charge in [-0.1, -0.05) is 0 Å². The zero-order valence-corrected chi connectivity index (χ0v) is 10.9. The first kappa shape index (κ1) is 14.7. The maximum absolute atomic E-state index is 12.4. The first-order valence-electron chi connectivity index (χ1n) is 5.59. The lowest BCUT2D eigenvalue weighted by Gasteiger charge is -2.25. The molecule has 0 fully saturated rings. The maximum atomic E-state index is 12.4. The fraction of sp³-hybridized carbons (Fsp3) is 0.800. The van der Waals surface area contributed by atoms with E-state index in [0.717, 1.165) is 0 Å². The lowest BCUT2D eigenvalue weighted by Crippen LogP contribution is -2.20. The standard InChI is InChI=1S/C10H19O6P/c1-3-15-17(13,16-4-2)10(6-11)9-5-8(12)7-14-9/h5,8,10-12H,3-4,6-7H2,1-2H3. The van der Waals surface area contributed by atoms with E-state index in [9.17, 15) is 14.8 Å². The Hall–Kier alpha value is -0.390. The van der Waals surface area contributed by atoms with Gasteiger partial charge in [-0.25, -0.2) is 0 Å².